The number of fused-ring (bicyclic) bond motifs is 2. The van der Waals surface area contributed by atoms with Crippen LogP contribution < -0.4 is 0 Å². The molecule has 0 saturated carbocycles. The van der Waals surface area contributed by atoms with E-state index in [4.69, 9.17) is 0 Å². The van der Waals surface area contributed by atoms with Gasteiger partial charge in [-0.15, -0.1) is 0 Å². The first kappa shape index (κ1) is 13.1. The molecule has 0 aliphatic rings. The molecule has 2 heteroatoms. The zero-order valence-electron chi connectivity index (χ0n) is 13.1. The van der Waals surface area contributed by atoms with E-state index in [1.54, 1.807) is 0 Å². The molecule has 0 unspecified atom stereocenters. The van der Waals surface area contributed by atoms with Gasteiger partial charge in [-0.25, -0.2) is 0 Å². The topological polar surface area (TPSA) is 28.7 Å². The van der Waals surface area contributed by atoms with Crippen molar-refractivity contribution in [3.05, 3.63) is 65.5 Å². The maximum atomic E-state index is 4.53. The van der Waals surface area contributed by atoms with Gasteiger partial charge >= 0.3 is 0 Å². The maximum Gasteiger partial charge on any atom is 0.0710 e. The molecule has 2 aromatic heterocycles. The molecular formula is C20H18N2. The van der Waals surface area contributed by atoms with E-state index < -0.39 is 0 Å². The molecule has 0 aliphatic heterocycles. The van der Waals surface area contributed by atoms with Crippen molar-refractivity contribution in [1.29, 1.82) is 0 Å². The number of hydrogen-bond acceptors (Lipinski definition) is 1. The first-order valence-electron chi connectivity index (χ1n) is 7.58. The Labute approximate surface area is 129 Å². The molecule has 2 nitrogen and oxygen atoms in total. The van der Waals surface area contributed by atoms with Crippen molar-refractivity contribution >= 4 is 21.8 Å². The second kappa shape index (κ2) is 4.70. The number of benzene rings is 2. The zero-order chi connectivity index (χ0) is 15.3. The van der Waals surface area contributed by atoms with Crippen molar-refractivity contribution in [3.63, 3.8) is 0 Å². The van der Waals surface area contributed by atoms with Gasteiger partial charge in [0.05, 0.1) is 5.52 Å². The van der Waals surface area contributed by atoms with Gasteiger partial charge in [-0.05, 0) is 56.2 Å². The van der Waals surface area contributed by atoms with Crippen molar-refractivity contribution in [2.45, 2.75) is 20.8 Å². The summed E-state index contributed by atoms with van der Waals surface area (Å²) in [7, 11) is 0. The summed E-state index contributed by atoms with van der Waals surface area (Å²) in [5.41, 5.74) is 8.50. The molecule has 0 atom stereocenters. The summed E-state index contributed by atoms with van der Waals surface area (Å²) in [6, 6.07) is 15.2. The smallest absolute Gasteiger partial charge is 0.0710 e. The Bertz CT molecular complexity index is 1010. The molecule has 1 N–H and O–H groups in total. The molecule has 4 aromatic rings. The SMILES string of the molecule is Cc1ccc2c(-c3c(C)[nH]c4ccc(C)cc34)ccnc2c1. The number of nitrogens with zero attached hydrogens (tertiary/aromatic N) is 1. The molecule has 0 radical (unpaired) electrons. The second-order valence-electron chi connectivity index (χ2n) is 6.05. The van der Waals surface area contributed by atoms with Gasteiger partial charge in [-0.2, -0.15) is 0 Å². The van der Waals surface area contributed by atoms with Gasteiger partial charge in [-0.3, -0.25) is 4.98 Å². The van der Waals surface area contributed by atoms with Crippen LogP contribution in [-0.2, 0) is 0 Å². The number of H-pyrrole nitrogens is 1. The fourth-order valence-electron chi connectivity index (χ4n) is 3.26. The lowest BCUT2D eigenvalue weighted by atomic mass is 9.97. The molecule has 0 fully saturated rings. The van der Waals surface area contributed by atoms with E-state index in [0.29, 0.717) is 0 Å². The average Bonchev–Trinajstić information content (AvgIpc) is 2.81. The number of nitrogens with one attached hydrogen (secondary N) is 1. The third-order valence-electron chi connectivity index (χ3n) is 4.31. The largest absolute Gasteiger partial charge is 0.358 e. The summed E-state index contributed by atoms with van der Waals surface area (Å²) >= 11 is 0. The van der Waals surface area contributed by atoms with E-state index in [1.165, 1.54) is 44.2 Å². The van der Waals surface area contributed by atoms with Crippen LogP contribution in [0.1, 0.15) is 16.8 Å². The minimum atomic E-state index is 1.05. The van der Waals surface area contributed by atoms with E-state index in [0.717, 1.165) is 5.52 Å². The second-order valence-corrected chi connectivity index (χ2v) is 6.05. The highest BCUT2D eigenvalue weighted by Gasteiger charge is 2.13. The molecule has 4 rings (SSSR count). The first-order chi connectivity index (χ1) is 10.6. The molecule has 0 amide bonds. The van der Waals surface area contributed by atoms with Crippen LogP contribution in [0.5, 0.6) is 0 Å². The molecule has 0 saturated heterocycles. The van der Waals surface area contributed by atoms with Crippen LogP contribution in [0.2, 0.25) is 0 Å². The van der Waals surface area contributed by atoms with Crippen LogP contribution in [0.3, 0.4) is 0 Å². The quantitative estimate of drug-likeness (QED) is 0.505. The van der Waals surface area contributed by atoms with Crippen LogP contribution in [0.4, 0.5) is 0 Å². The Morgan fingerprint density at radius 3 is 2.45 bits per heavy atom. The first-order valence-corrected chi connectivity index (χ1v) is 7.58. The maximum absolute atomic E-state index is 4.53. The summed E-state index contributed by atoms with van der Waals surface area (Å²) in [4.78, 5) is 8.04. The lowest BCUT2D eigenvalue weighted by molar-refractivity contribution is 1.30. The predicted molar refractivity (Wildman–Crippen MR) is 93.2 cm³/mol. The van der Waals surface area contributed by atoms with Crippen LogP contribution in [0.15, 0.2) is 48.7 Å². The van der Waals surface area contributed by atoms with Gasteiger partial charge in [0, 0.05) is 33.7 Å². The van der Waals surface area contributed by atoms with Gasteiger partial charge < -0.3 is 4.98 Å². The molecular weight excluding hydrogens is 268 g/mol. The average molecular weight is 286 g/mol. The third-order valence-corrected chi connectivity index (χ3v) is 4.31. The number of hydrogen-bond donors (Lipinski definition) is 1. The van der Waals surface area contributed by atoms with E-state index in [1.807, 2.05) is 6.20 Å². The molecule has 22 heavy (non-hydrogen) atoms. The summed E-state index contributed by atoms with van der Waals surface area (Å²) in [5.74, 6) is 0. The molecule has 2 aromatic carbocycles. The van der Waals surface area contributed by atoms with Crippen molar-refractivity contribution in [3.8, 4) is 11.1 Å². The number of aryl methyl sites for hydroxylation is 3. The molecule has 0 aliphatic carbocycles. The van der Waals surface area contributed by atoms with Crippen LogP contribution >= 0.6 is 0 Å². The summed E-state index contributed by atoms with van der Waals surface area (Å²) < 4.78 is 0. The highest BCUT2D eigenvalue weighted by molar-refractivity contribution is 6.05. The minimum absolute atomic E-state index is 1.05. The van der Waals surface area contributed by atoms with Gasteiger partial charge in [0.1, 0.15) is 0 Å². The van der Waals surface area contributed by atoms with E-state index in [9.17, 15) is 0 Å². The molecule has 108 valence electrons. The summed E-state index contributed by atoms with van der Waals surface area (Å²) in [5, 5.41) is 2.49. The fourth-order valence-corrected chi connectivity index (χ4v) is 3.26. The van der Waals surface area contributed by atoms with Gasteiger partial charge in [0.2, 0.25) is 0 Å². The normalized spacial score (nSPS) is 11.4. The minimum Gasteiger partial charge on any atom is -0.358 e. The van der Waals surface area contributed by atoms with Gasteiger partial charge in [0.15, 0.2) is 0 Å². The van der Waals surface area contributed by atoms with Crippen LogP contribution in [0.25, 0.3) is 32.9 Å². The Kier molecular flexibility index (Phi) is 2.80. The predicted octanol–water partition coefficient (Wildman–Crippen LogP) is 5.31. The van der Waals surface area contributed by atoms with Gasteiger partial charge in [0.25, 0.3) is 0 Å². The highest BCUT2D eigenvalue weighted by atomic mass is 14.7. The van der Waals surface area contributed by atoms with E-state index in [2.05, 4.69) is 73.2 Å². The Morgan fingerprint density at radius 1 is 0.818 bits per heavy atom. The molecule has 2 heterocycles. The molecule has 0 spiro atoms. The number of rotatable bonds is 1. The monoisotopic (exact) mass is 286 g/mol. The summed E-state index contributed by atoms with van der Waals surface area (Å²) in [6.45, 7) is 6.39. The van der Waals surface area contributed by atoms with Crippen molar-refractivity contribution < 1.29 is 0 Å². The van der Waals surface area contributed by atoms with Crippen molar-refractivity contribution in [2.75, 3.05) is 0 Å². The van der Waals surface area contributed by atoms with Gasteiger partial charge in [-0.1, -0.05) is 23.8 Å². The van der Waals surface area contributed by atoms with Crippen molar-refractivity contribution in [1.82, 2.24) is 9.97 Å². The zero-order valence-corrected chi connectivity index (χ0v) is 13.1. The van der Waals surface area contributed by atoms with Crippen LogP contribution in [-0.4, -0.2) is 9.97 Å². The summed E-state index contributed by atoms with van der Waals surface area (Å²) in [6.07, 6.45) is 1.91. The number of pyridine rings is 1. The fraction of sp³-hybridized carbons (Fsp3) is 0.150. The van der Waals surface area contributed by atoms with Crippen LogP contribution in [0, 0.1) is 20.8 Å². The number of aromatic amines is 1. The third kappa shape index (κ3) is 1.92. The molecule has 0 bridgehead atoms. The Morgan fingerprint density at radius 2 is 1.59 bits per heavy atom. The highest BCUT2D eigenvalue weighted by Crippen LogP contribution is 2.36. The van der Waals surface area contributed by atoms with Crippen molar-refractivity contribution in [2.24, 2.45) is 0 Å². The Balaban J connectivity index is 2.11. The standard InChI is InChI=1S/C20H18N2/c1-12-5-7-18-17(10-12)20(14(3)22-18)16-8-9-21-19-11-13(2)4-6-15(16)19/h4-11,22H,1-3H3. The number of aromatic nitrogens is 2. The van der Waals surface area contributed by atoms with E-state index in [-0.39, 0.29) is 0 Å². The van der Waals surface area contributed by atoms with E-state index >= 15 is 0 Å². The lowest BCUT2D eigenvalue weighted by Gasteiger charge is -2.08. The lowest BCUT2D eigenvalue weighted by Crippen LogP contribution is -1.86. The Hall–Kier alpha value is -2.61.